The van der Waals surface area contributed by atoms with E-state index in [-0.39, 0.29) is 22.4 Å². The lowest BCUT2D eigenvalue weighted by Crippen LogP contribution is -2.44. The predicted octanol–water partition coefficient (Wildman–Crippen LogP) is 3.10. The number of carbonyl (C=O) groups is 1. The number of hydrogen-bond acceptors (Lipinski definition) is 5. The number of para-hydroxylation sites is 1. The second-order valence-corrected chi connectivity index (χ2v) is 8.89. The average Bonchev–Trinajstić information content (AvgIpc) is 3.25. The van der Waals surface area contributed by atoms with Crippen LogP contribution < -0.4 is 19.1 Å². The van der Waals surface area contributed by atoms with Crippen molar-refractivity contribution < 1.29 is 27.1 Å². The molecule has 2 aromatic carbocycles. The van der Waals surface area contributed by atoms with Crippen LogP contribution in [0.4, 0.5) is 10.1 Å². The molecule has 0 aromatic heterocycles. The number of halogens is 1. The Morgan fingerprint density at radius 2 is 1.77 bits per heavy atom. The van der Waals surface area contributed by atoms with Gasteiger partial charge in [-0.25, -0.2) is 12.8 Å². The van der Waals surface area contributed by atoms with Gasteiger partial charge in [0.05, 0.1) is 24.8 Å². The maximum atomic E-state index is 14.5. The highest BCUT2D eigenvalue weighted by atomic mass is 32.2. The van der Waals surface area contributed by atoms with E-state index in [1.165, 1.54) is 50.6 Å². The molecular formula is C21H25FN2O5S. The lowest BCUT2D eigenvalue weighted by atomic mass is 10.2. The molecule has 0 radical (unpaired) electrons. The van der Waals surface area contributed by atoms with E-state index >= 15 is 0 Å². The molecule has 0 atom stereocenters. The molecule has 1 saturated carbocycles. The normalized spacial score (nSPS) is 14.4. The quantitative estimate of drug-likeness (QED) is 0.687. The molecule has 1 aliphatic rings. The molecule has 0 heterocycles. The molecule has 9 heteroatoms. The van der Waals surface area contributed by atoms with Gasteiger partial charge in [0.2, 0.25) is 5.91 Å². The van der Waals surface area contributed by atoms with Crippen molar-refractivity contribution in [3.63, 3.8) is 0 Å². The highest BCUT2D eigenvalue weighted by Crippen LogP contribution is 2.32. The van der Waals surface area contributed by atoms with Gasteiger partial charge in [-0.05, 0) is 37.1 Å². The molecule has 3 rings (SSSR count). The SMILES string of the molecule is COc1ccc(S(=O)(=O)N(CC(=O)NC2CCCC2)c2ccccc2F)cc1OC. The number of ether oxygens (including phenoxy) is 2. The number of amides is 1. The zero-order chi connectivity index (χ0) is 21.7. The van der Waals surface area contributed by atoms with Crippen LogP contribution in [0.25, 0.3) is 0 Å². The lowest BCUT2D eigenvalue weighted by molar-refractivity contribution is -0.120. The molecule has 1 fully saturated rings. The number of methoxy groups -OCH3 is 2. The van der Waals surface area contributed by atoms with Gasteiger partial charge in [0.1, 0.15) is 12.4 Å². The summed E-state index contributed by atoms with van der Waals surface area (Å²) < 4.78 is 52.5. The first-order valence-corrected chi connectivity index (χ1v) is 11.1. The number of nitrogens with one attached hydrogen (secondary N) is 1. The van der Waals surface area contributed by atoms with Gasteiger partial charge in [-0.1, -0.05) is 25.0 Å². The summed E-state index contributed by atoms with van der Waals surface area (Å²) in [6.07, 6.45) is 3.75. The number of nitrogens with zero attached hydrogens (tertiary/aromatic N) is 1. The van der Waals surface area contributed by atoms with E-state index in [1.807, 2.05) is 0 Å². The topological polar surface area (TPSA) is 84.9 Å². The number of hydrogen-bond donors (Lipinski definition) is 1. The number of anilines is 1. The predicted molar refractivity (Wildman–Crippen MR) is 111 cm³/mol. The van der Waals surface area contributed by atoms with Crippen LogP contribution in [0.5, 0.6) is 11.5 Å². The van der Waals surface area contributed by atoms with Crippen LogP contribution in [-0.2, 0) is 14.8 Å². The van der Waals surface area contributed by atoms with Crippen LogP contribution in [0.15, 0.2) is 47.4 Å². The van der Waals surface area contributed by atoms with Gasteiger partial charge in [0.15, 0.2) is 11.5 Å². The van der Waals surface area contributed by atoms with E-state index in [4.69, 9.17) is 9.47 Å². The molecule has 1 N–H and O–H groups in total. The van der Waals surface area contributed by atoms with Crippen LogP contribution in [0, 0.1) is 5.82 Å². The fraction of sp³-hybridized carbons (Fsp3) is 0.381. The summed E-state index contributed by atoms with van der Waals surface area (Å²) in [6, 6.07) is 9.55. The Hall–Kier alpha value is -2.81. The molecular weight excluding hydrogens is 411 g/mol. The third kappa shape index (κ3) is 4.67. The Kier molecular flexibility index (Phi) is 6.81. The molecule has 0 bridgehead atoms. The summed E-state index contributed by atoms with van der Waals surface area (Å²) in [5.41, 5.74) is -0.200. The molecule has 7 nitrogen and oxygen atoms in total. The summed E-state index contributed by atoms with van der Waals surface area (Å²) in [5.74, 6) is -0.653. The maximum absolute atomic E-state index is 14.5. The van der Waals surface area contributed by atoms with E-state index in [0.717, 1.165) is 36.1 Å². The molecule has 0 unspecified atom stereocenters. The molecule has 0 saturated heterocycles. The minimum absolute atomic E-state index is 0.0174. The standard InChI is InChI=1S/C21H25FN2O5S/c1-28-19-12-11-16(13-20(19)29-2)30(26,27)24(18-10-6-5-9-17(18)22)14-21(25)23-15-7-3-4-8-15/h5-6,9-13,15H,3-4,7-8,14H2,1-2H3,(H,23,25). The van der Waals surface area contributed by atoms with Crippen molar-refractivity contribution in [2.24, 2.45) is 0 Å². The van der Waals surface area contributed by atoms with E-state index < -0.39 is 28.3 Å². The third-order valence-corrected chi connectivity index (χ3v) is 6.83. The fourth-order valence-corrected chi connectivity index (χ4v) is 4.98. The summed E-state index contributed by atoms with van der Waals surface area (Å²) in [6.45, 7) is -0.534. The van der Waals surface area contributed by atoms with Gasteiger partial charge < -0.3 is 14.8 Å². The van der Waals surface area contributed by atoms with Crippen LogP contribution in [0.1, 0.15) is 25.7 Å². The largest absolute Gasteiger partial charge is 0.493 e. The number of sulfonamides is 1. The van der Waals surface area contributed by atoms with Gasteiger partial charge in [0.25, 0.3) is 10.0 Å². The number of benzene rings is 2. The van der Waals surface area contributed by atoms with Crippen molar-refractivity contribution in [2.75, 3.05) is 25.1 Å². The van der Waals surface area contributed by atoms with Crippen molar-refractivity contribution in [1.82, 2.24) is 5.32 Å². The number of rotatable bonds is 8. The van der Waals surface area contributed by atoms with Crippen LogP contribution in [0.2, 0.25) is 0 Å². The summed E-state index contributed by atoms with van der Waals surface area (Å²) >= 11 is 0. The Labute approximate surface area is 175 Å². The summed E-state index contributed by atoms with van der Waals surface area (Å²) in [7, 11) is -1.44. The van der Waals surface area contributed by atoms with Gasteiger partial charge in [-0.2, -0.15) is 0 Å². The molecule has 30 heavy (non-hydrogen) atoms. The first-order chi connectivity index (χ1) is 14.4. The lowest BCUT2D eigenvalue weighted by Gasteiger charge is -2.25. The fourth-order valence-electron chi connectivity index (χ4n) is 3.53. The van der Waals surface area contributed by atoms with E-state index in [0.29, 0.717) is 5.75 Å². The molecule has 0 aliphatic heterocycles. The highest BCUT2D eigenvalue weighted by Gasteiger charge is 2.31. The second-order valence-electron chi connectivity index (χ2n) is 7.03. The van der Waals surface area contributed by atoms with Crippen molar-refractivity contribution in [2.45, 2.75) is 36.6 Å². The first kappa shape index (κ1) is 21.9. The average molecular weight is 437 g/mol. The van der Waals surface area contributed by atoms with Gasteiger partial charge in [0, 0.05) is 12.1 Å². The Morgan fingerprint density at radius 3 is 2.40 bits per heavy atom. The van der Waals surface area contributed by atoms with Gasteiger partial charge in [-0.3, -0.25) is 9.10 Å². The van der Waals surface area contributed by atoms with Crippen molar-refractivity contribution in [3.8, 4) is 11.5 Å². The van der Waals surface area contributed by atoms with Crippen molar-refractivity contribution >= 4 is 21.6 Å². The Balaban J connectivity index is 1.98. The van der Waals surface area contributed by atoms with Gasteiger partial charge >= 0.3 is 0 Å². The molecule has 0 spiro atoms. The Bertz CT molecular complexity index is 1010. The minimum Gasteiger partial charge on any atom is -0.493 e. The maximum Gasteiger partial charge on any atom is 0.265 e. The van der Waals surface area contributed by atoms with Crippen LogP contribution >= 0.6 is 0 Å². The smallest absolute Gasteiger partial charge is 0.265 e. The molecule has 162 valence electrons. The summed E-state index contributed by atoms with van der Waals surface area (Å²) in [4.78, 5) is 12.5. The van der Waals surface area contributed by atoms with Crippen molar-refractivity contribution in [3.05, 3.63) is 48.3 Å². The first-order valence-electron chi connectivity index (χ1n) is 9.65. The highest BCUT2D eigenvalue weighted by molar-refractivity contribution is 7.92. The van der Waals surface area contributed by atoms with Crippen molar-refractivity contribution in [1.29, 1.82) is 0 Å². The number of carbonyl (C=O) groups excluding carboxylic acids is 1. The summed E-state index contributed by atoms with van der Waals surface area (Å²) in [5, 5.41) is 2.85. The monoisotopic (exact) mass is 436 g/mol. The van der Waals surface area contributed by atoms with E-state index in [1.54, 1.807) is 0 Å². The molecule has 2 aromatic rings. The van der Waals surface area contributed by atoms with Crippen LogP contribution in [-0.4, -0.2) is 41.1 Å². The van der Waals surface area contributed by atoms with E-state index in [2.05, 4.69) is 5.32 Å². The van der Waals surface area contributed by atoms with Crippen LogP contribution in [0.3, 0.4) is 0 Å². The molecule has 1 amide bonds. The zero-order valence-corrected chi connectivity index (χ0v) is 17.7. The minimum atomic E-state index is -4.27. The van der Waals surface area contributed by atoms with Gasteiger partial charge in [-0.15, -0.1) is 0 Å². The zero-order valence-electron chi connectivity index (χ0n) is 16.9. The van der Waals surface area contributed by atoms with E-state index in [9.17, 15) is 17.6 Å². The second kappa shape index (κ2) is 9.34. The third-order valence-electron chi connectivity index (χ3n) is 5.07. The molecule has 1 aliphatic carbocycles. The Morgan fingerprint density at radius 1 is 1.10 bits per heavy atom.